The number of ether oxygens (including phenoxy) is 2. The maximum atomic E-state index is 12.2. The molecule has 8 heteroatoms. The molecule has 0 saturated carbocycles. The fourth-order valence-corrected chi connectivity index (χ4v) is 3.40. The van der Waals surface area contributed by atoms with E-state index in [0.717, 1.165) is 17.5 Å². The zero-order valence-corrected chi connectivity index (χ0v) is 15.3. The number of nitro groups is 1. The summed E-state index contributed by atoms with van der Waals surface area (Å²) in [5.41, 5.74) is 2.39. The Labute approximate surface area is 161 Å². The lowest BCUT2D eigenvalue weighted by Crippen LogP contribution is -2.24. The van der Waals surface area contributed by atoms with Gasteiger partial charge in [0, 0.05) is 31.9 Å². The summed E-state index contributed by atoms with van der Waals surface area (Å²) < 4.78 is 11.4. The van der Waals surface area contributed by atoms with Gasteiger partial charge >= 0.3 is 0 Å². The highest BCUT2D eigenvalue weighted by atomic mass is 16.6. The van der Waals surface area contributed by atoms with Crippen LogP contribution in [0.4, 0.5) is 5.69 Å². The van der Waals surface area contributed by atoms with E-state index < -0.39 is 4.92 Å². The number of fused-ring (bicyclic) bond motifs is 1. The molecule has 0 saturated heterocycles. The summed E-state index contributed by atoms with van der Waals surface area (Å²) in [6.07, 6.45) is 1.33. The number of carbonyl (C=O) groups is 1. The monoisotopic (exact) mass is 381 g/mol. The Kier molecular flexibility index (Phi) is 4.68. The van der Waals surface area contributed by atoms with E-state index in [-0.39, 0.29) is 17.6 Å². The Morgan fingerprint density at radius 3 is 2.54 bits per heavy atom. The minimum atomic E-state index is -0.442. The molecule has 0 bridgehead atoms. The summed E-state index contributed by atoms with van der Waals surface area (Å²) in [7, 11) is 0. The average Bonchev–Trinajstić information content (AvgIpc) is 3.01. The summed E-state index contributed by atoms with van der Waals surface area (Å²) in [6, 6.07) is 11.6. The van der Waals surface area contributed by atoms with Crippen LogP contribution in [0.5, 0.6) is 11.5 Å². The Hall–Kier alpha value is -3.42. The minimum Gasteiger partial charge on any atom is -0.490 e. The standard InChI is InChI=1S/C20H19N3O5/c1-13(24)22-18(15-5-8-19-20(11-15)28-10-2-9-27-19)12-17(21-22)14-3-6-16(7-4-14)23(25)26/h3-8,11,18H,2,9-10,12H2,1H3. The lowest BCUT2D eigenvalue weighted by Gasteiger charge is -2.21. The van der Waals surface area contributed by atoms with Gasteiger partial charge in [0.1, 0.15) is 0 Å². The van der Waals surface area contributed by atoms with Gasteiger partial charge in [0.05, 0.1) is 29.9 Å². The number of hydrazone groups is 1. The summed E-state index contributed by atoms with van der Waals surface area (Å²) in [4.78, 5) is 22.6. The van der Waals surface area contributed by atoms with E-state index in [1.165, 1.54) is 24.1 Å². The number of hydrogen-bond acceptors (Lipinski definition) is 6. The number of rotatable bonds is 3. The first-order chi connectivity index (χ1) is 13.5. The van der Waals surface area contributed by atoms with Crippen molar-refractivity contribution in [1.82, 2.24) is 5.01 Å². The largest absolute Gasteiger partial charge is 0.490 e. The maximum Gasteiger partial charge on any atom is 0.269 e. The molecule has 1 amide bonds. The molecule has 2 heterocycles. The third-order valence-corrected chi connectivity index (χ3v) is 4.80. The molecule has 0 spiro atoms. The SMILES string of the molecule is CC(=O)N1N=C(c2ccc([N+](=O)[O-])cc2)CC1c1ccc2c(c1)OCCCO2. The van der Waals surface area contributed by atoms with Crippen molar-refractivity contribution in [3.8, 4) is 11.5 Å². The molecule has 0 aromatic heterocycles. The van der Waals surface area contributed by atoms with E-state index in [4.69, 9.17) is 9.47 Å². The van der Waals surface area contributed by atoms with Gasteiger partial charge in [-0.05, 0) is 35.4 Å². The van der Waals surface area contributed by atoms with Gasteiger partial charge in [-0.15, -0.1) is 0 Å². The molecular weight excluding hydrogens is 362 g/mol. The van der Waals surface area contributed by atoms with Crippen molar-refractivity contribution in [1.29, 1.82) is 0 Å². The van der Waals surface area contributed by atoms with Gasteiger partial charge in [-0.25, -0.2) is 5.01 Å². The molecule has 144 valence electrons. The van der Waals surface area contributed by atoms with Crippen LogP contribution < -0.4 is 9.47 Å². The highest BCUT2D eigenvalue weighted by Crippen LogP contribution is 2.38. The number of amides is 1. The first-order valence-corrected chi connectivity index (χ1v) is 9.04. The summed E-state index contributed by atoms with van der Waals surface area (Å²) in [6.45, 7) is 2.67. The maximum absolute atomic E-state index is 12.2. The van der Waals surface area contributed by atoms with Crippen LogP contribution in [-0.2, 0) is 4.79 Å². The van der Waals surface area contributed by atoms with Crippen LogP contribution in [0.3, 0.4) is 0 Å². The predicted octanol–water partition coefficient (Wildman–Crippen LogP) is 3.45. The molecule has 0 N–H and O–H groups in total. The predicted molar refractivity (Wildman–Crippen MR) is 102 cm³/mol. The van der Waals surface area contributed by atoms with Crippen LogP contribution in [0.25, 0.3) is 0 Å². The van der Waals surface area contributed by atoms with E-state index in [9.17, 15) is 14.9 Å². The van der Waals surface area contributed by atoms with Crippen molar-refractivity contribution >= 4 is 17.3 Å². The quantitative estimate of drug-likeness (QED) is 0.599. The molecule has 1 atom stereocenters. The van der Waals surface area contributed by atoms with Crippen LogP contribution >= 0.6 is 0 Å². The number of nitrogens with zero attached hydrogens (tertiary/aromatic N) is 3. The van der Waals surface area contributed by atoms with Crippen molar-refractivity contribution in [2.45, 2.75) is 25.8 Å². The third-order valence-electron chi connectivity index (χ3n) is 4.80. The first-order valence-electron chi connectivity index (χ1n) is 9.04. The second kappa shape index (κ2) is 7.30. The van der Waals surface area contributed by atoms with Crippen molar-refractivity contribution in [2.24, 2.45) is 5.10 Å². The molecule has 28 heavy (non-hydrogen) atoms. The van der Waals surface area contributed by atoms with Crippen LogP contribution in [0.1, 0.15) is 36.9 Å². The summed E-state index contributed by atoms with van der Waals surface area (Å²) in [5, 5.41) is 16.8. The van der Waals surface area contributed by atoms with Crippen LogP contribution in [-0.4, -0.2) is 34.8 Å². The first kappa shape index (κ1) is 18.0. The van der Waals surface area contributed by atoms with Gasteiger partial charge in [-0.2, -0.15) is 5.10 Å². The molecule has 0 radical (unpaired) electrons. The molecule has 0 aliphatic carbocycles. The van der Waals surface area contributed by atoms with Gasteiger partial charge in [0.15, 0.2) is 11.5 Å². The Morgan fingerprint density at radius 2 is 1.86 bits per heavy atom. The Balaban J connectivity index is 1.63. The second-order valence-electron chi connectivity index (χ2n) is 6.69. The lowest BCUT2D eigenvalue weighted by atomic mass is 9.98. The van der Waals surface area contributed by atoms with E-state index in [1.807, 2.05) is 18.2 Å². The van der Waals surface area contributed by atoms with Crippen molar-refractivity contribution in [2.75, 3.05) is 13.2 Å². The van der Waals surface area contributed by atoms with Gasteiger partial charge in [-0.3, -0.25) is 14.9 Å². The van der Waals surface area contributed by atoms with Gasteiger partial charge in [-0.1, -0.05) is 6.07 Å². The zero-order valence-electron chi connectivity index (χ0n) is 15.3. The number of carbonyl (C=O) groups excluding carboxylic acids is 1. The Bertz CT molecular complexity index is 955. The minimum absolute atomic E-state index is 0.0187. The van der Waals surface area contributed by atoms with Crippen molar-refractivity contribution in [3.05, 3.63) is 63.7 Å². The second-order valence-corrected chi connectivity index (χ2v) is 6.69. The third kappa shape index (κ3) is 3.40. The molecule has 2 aromatic carbocycles. The number of benzene rings is 2. The highest BCUT2D eigenvalue weighted by molar-refractivity contribution is 6.03. The molecule has 4 rings (SSSR count). The molecule has 8 nitrogen and oxygen atoms in total. The number of nitro benzene ring substituents is 1. The van der Waals surface area contributed by atoms with Gasteiger partial charge < -0.3 is 9.47 Å². The molecule has 2 aliphatic heterocycles. The smallest absolute Gasteiger partial charge is 0.269 e. The van der Waals surface area contributed by atoms with Crippen LogP contribution in [0.15, 0.2) is 47.6 Å². The normalized spacial score (nSPS) is 18.4. The van der Waals surface area contributed by atoms with Crippen molar-refractivity contribution < 1.29 is 19.2 Å². The zero-order chi connectivity index (χ0) is 19.7. The fraction of sp³-hybridized carbons (Fsp3) is 0.300. The van der Waals surface area contributed by atoms with Crippen molar-refractivity contribution in [3.63, 3.8) is 0 Å². The van der Waals surface area contributed by atoms with Gasteiger partial charge in [0.25, 0.3) is 5.69 Å². The molecule has 0 fully saturated rings. The average molecular weight is 381 g/mol. The summed E-state index contributed by atoms with van der Waals surface area (Å²) >= 11 is 0. The van der Waals surface area contributed by atoms with E-state index in [0.29, 0.717) is 36.8 Å². The molecule has 2 aliphatic rings. The van der Waals surface area contributed by atoms with Crippen LogP contribution in [0, 0.1) is 10.1 Å². The van der Waals surface area contributed by atoms with E-state index in [2.05, 4.69) is 5.10 Å². The molecular formula is C20H19N3O5. The topological polar surface area (TPSA) is 94.3 Å². The fourth-order valence-electron chi connectivity index (χ4n) is 3.40. The van der Waals surface area contributed by atoms with E-state index in [1.54, 1.807) is 12.1 Å². The van der Waals surface area contributed by atoms with Gasteiger partial charge in [0.2, 0.25) is 5.91 Å². The highest BCUT2D eigenvalue weighted by Gasteiger charge is 2.32. The number of hydrogen-bond donors (Lipinski definition) is 0. The molecule has 1 unspecified atom stereocenters. The molecule has 2 aromatic rings. The Morgan fingerprint density at radius 1 is 1.14 bits per heavy atom. The number of non-ortho nitro benzene ring substituents is 1. The van der Waals surface area contributed by atoms with Crippen LogP contribution in [0.2, 0.25) is 0 Å². The lowest BCUT2D eigenvalue weighted by molar-refractivity contribution is -0.384. The summed E-state index contributed by atoms with van der Waals surface area (Å²) in [5.74, 6) is 1.20. The van der Waals surface area contributed by atoms with E-state index >= 15 is 0 Å².